The summed E-state index contributed by atoms with van der Waals surface area (Å²) in [6, 6.07) is 0. The number of hydrogen-bond acceptors (Lipinski definition) is 20. The summed E-state index contributed by atoms with van der Waals surface area (Å²) in [6.45, 7) is 43.1. The first-order valence-electron chi connectivity index (χ1n) is 46.8. The third-order valence-electron chi connectivity index (χ3n) is 32.7. The highest BCUT2D eigenvalue weighted by atomic mass is 28.4. The van der Waals surface area contributed by atoms with Gasteiger partial charge in [0.05, 0.1) is 71.6 Å². The quantitative estimate of drug-likeness (QED) is 0.0401. The molecule has 9 N–H and O–H groups in total. The van der Waals surface area contributed by atoms with Crippen LogP contribution in [-0.2, 0) is 61.5 Å². The standard InChI is InChI=1S/C16H28O2Si.C15H26O3Si.C13H20O2.2C12H18O4.C12H18O3.C11H14O3.C11H16O/c1-12-9-11-16(18-19(4,5)6)14(13(2)17)8-7-10-15(12,16)3;1-11(16)12-7-6-9-14(2)13(17)8-10-15(12,14)18-19(3,4)5;1-9-6-8-13(15)11(10(2)14)5-4-7-12(9,13)3;2*1-11-6-3-4-8(10(14)16-2)12(11,15)7-5-9(11)13;1-8-5-7-12(15)9(10(13)14)4-3-6-11(8,12)2;1-8-4-2-6-9(11(13)14)10(12)7-3-5-8;1-9-5-3-7-10(2)11(12)8-4-6-9/h8,12H,7,9-11H2,1-6H3;7,13,17H,6,8-10H2,1-5H3;5,9,15H,4,6-8H2,1-3H3;2*4,9,13,15H,3,5-7H2,1-2H3;4,8,15H,3,5-7H2,1-2H3,(H,13,14);5-6H,2-4,7H2,1H3,(H,13,14);6-7H,3-5,8H2,1-2H3/b;;;;;;8-5+,9-6+;9-6+,10-7-/t12?,15-,16+;13?,14-,15+;9-,12+,13-;9?,11-,12+;9-,11-,12+;8-,11+,12-;;/m110110../s1. The second-order valence-electron chi connectivity index (χ2n) is 42.3. The van der Waals surface area contributed by atoms with Crippen molar-refractivity contribution in [3.8, 4) is 0 Å². The van der Waals surface area contributed by atoms with E-state index in [0.717, 1.165) is 132 Å². The summed E-state index contributed by atoms with van der Waals surface area (Å²) in [5.74, 6) is -1.11. The van der Waals surface area contributed by atoms with Gasteiger partial charge in [-0.2, -0.15) is 0 Å². The number of carboxylic acid groups (broad SMARTS) is 2. The minimum Gasteiger partial charge on any atom is -0.478 e. The summed E-state index contributed by atoms with van der Waals surface area (Å²) < 4.78 is 22.6. The van der Waals surface area contributed by atoms with E-state index in [9.17, 15) is 78.9 Å². The van der Waals surface area contributed by atoms with Crippen LogP contribution >= 0.6 is 0 Å². The summed E-state index contributed by atoms with van der Waals surface area (Å²) in [7, 11) is -0.886. The van der Waals surface area contributed by atoms with Gasteiger partial charge < -0.3 is 64.3 Å². The number of aliphatic hydroxyl groups is 7. The zero-order chi connectivity index (χ0) is 95.0. The van der Waals surface area contributed by atoms with Gasteiger partial charge >= 0.3 is 23.9 Å². The molecular weight excluding hydrogens is 1630 g/mol. The number of ketones is 5. The lowest BCUT2D eigenvalue weighted by Crippen LogP contribution is -2.57. The van der Waals surface area contributed by atoms with Crippen molar-refractivity contribution in [2.45, 2.75) is 401 Å². The number of hydrogen-bond donors (Lipinski definition) is 9. The Morgan fingerprint density at radius 3 is 1.03 bits per heavy atom. The molecule has 18 atom stereocenters. The monoisotopic (exact) mass is 1790 g/mol. The van der Waals surface area contributed by atoms with Crippen LogP contribution < -0.4 is 0 Å². The van der Waals surface area contributed by atoms with Gasteiger partial charge in [0.15, 0.2) is 45.6 Å². The van der Waals surface area contributed by atoms with E-state index in [0.29, 0.717) is 124 Å². The molecule has 0 aliphatic heterocycles. The molecule has 3 unspecified atom stereocenters. The fourth-order valence-corrected chi connectivity index (χ4v) is 26.8. The molecule has 22 nitrogen and oxygen atoms in total. The van der Waals surface area contributed by atoms with Crippen LogP contribution in [0.5, 0.6) is 0 Å². The molecule has 14 rings (SSSR count). The number of aliphatic hydroxyl groups excluding tert-OH is 3. The van der Waals surface area contributed by atoms with E-state index >= 15 is 0 Å². The average Bonchev–Trinajstić information content (AvgIpc) is 1.54. The van der Waals surface area contributed by atoms with E-state index in [4.69, 9.17) is 28.5 Å². The minimum absolute atomic E-state index is 0.0394. The molecule has 0 spiro atoms. The maximum Gasteiger partial charge on any atom is 0.338 e. The fraction of sp³-hybridized carbons (Fsp3) is 0.716. The van der Waals surface area contributed by atoms with Crippen molar-refractivity contribution in [2.75, 3.05) is 14.2 Å². The zero-order valence-electron chi connectivity index (χ0n) is 80.7. The van der Waals surface area contributed by atoms with E-state index in [2.05, 4.69) is 106 Å². The third-order valence-corrected chi connectivity index (χ3v) is 34.6. The Balaban J connectivity index is 0.000000198. The number of carbonyl (C=O) groups is 9. The van der Waals surface area contributed by atoms with Gasteiger partial charge in [0.2, 0.25) is 0 Å². The van der Waals surface area contributed by atoms with Crippen LogP contribution in [-0.4, -0.2) is 182 Å². The van der Waals surface area contributed by atoms with E-state index in [-0.39, 0.29) is 67.6 Å². The van der Waals surface area contributed by atoms with Gasteiger partial charge in [0.1, 0.15) is 16.8 Å². The molecule has 0 aromatic rings. The normalized spacial score (nSPS) is 38.8. The maximum absolute atomic E-state index is 12.1. The van der Waals surface area contributed by atoms with Gasteiger partial charge in [-0.05, 0) is 297 Å². The maximum atomic E-state index is 12.1. The van der Waals surface area contributed by atoms with Crippen molar-refractivity contribution in [3.05, 3.63) is 116 Å². The first-order valence-corrected chi connectivity index (χ1v) is 53.6. The molecule has 0 bridgehead atoms. The van der Waals surface area contributed by atoms with Gasteiger partial charge in [-0.25, -0.2) is 19.2 Å². The van der Waals surface area contributed by atoms with Crippen LogP contribution in [0.2, 0.25) is 39.3 Å². The Morgan fingerprint density at radius 2 is 0.635 bits per heavy atom. The summed E-state index contributed by atoms with van der Waals surface area (Å²) in [4.78, 5) is 104. The number of esters is 2. The molecule has 6 fully saturated rings. The molecule has 14 aliphatic carbocycles. The number of carboxylic acids is 2. The van der Waals surface area contributed by atoms with E-state index < -0.39 is 91.6 Å². The second kappa shape index (κ2) is 41.7. The number of carbonyl (C=O) groups excluding carboxylic acids is 7. The van der Waals surface area contributed by atoms with Crippen LogP contribution in [0.3, 0.4) is 0 Å². The first kappa shape index (κ1) is 107. The van der Waals surface area contributed by atoms with Gasteiger partial charge in [-0.15, -0.1) is 0 Å². The van der Waals surface area contributed by atoms with Crippen LogP contribution in [0.15, 0.2) is 116 Å². The lowest BCUT2D eigenvalue weighted by atomic mass is 9.62. The molecule has 0 aromatic heterocycles. The van der Waals surface area contributed by atoms with Gasteiger partial charge in [0.25, 0.3) is 0 Å². The smallest absolute Gasteiger partial charge is 0.338 e. The number of rotatable bonds is 11. The van der Waals surface area contributed by atoms with Crippen LogP contribution in [0, 0.1) is 50.2 Å². The van der Waals surface area contributed by atoms with Crippen molar-refractivity contribution in [1.29, 1.82) is 0 Å². The SMILES string of the molecule is C/C1=C/CC/C(C)=C/CCC1=O.C/C1=C\CCC(=O)/C(C(=O)O)=C\CC1.CC(=O)C1=CCC[C@]2(C)C(C)CC[C@]12O[Si](C)(C)C.CC(=O)C1=CCC[C@]2(C)C(O)CC[C@]12O[Si](C)(C)C.CC(=O)C1=CCC[C@]2(C)[C@@H](C)CC[C@]12O.COC(=O)C1=CCC[C@]2(C)C(O)CC[C@]12O.COC(=O)C1=CCC[C@]2(C)[C@H](O)CC[C@]12O.C[C@H]1CC[C@]2(O)C(C(=O)O)=CCC[C@]12C. The molecule has 6 saturated carbocycles. The van der Waals surface area contributed by atoms with Crippen molar-refractivity contribution >= 4 is 69.4 Å². The molecule has 0 saturated heterocycles. The van der Waals surface area contributed by atoms with Crippen molar-refractivity contribution in [3.63, 3.8) is 0 Å². The number of Topliss-reactive ketones (excluding diaryl/α,β-unsaturated/α-hetero) is 5. The molecule has 0 aromatic carbocycles. The molecular formula is C102H158O22Si2. The Morgan fingerprint density at radius 1 is 0.341 bits per heavy atom. The minimum atomic E-state index is -1.81. The summed E-state index contributed by atoms with van der Waals surface area (Å²) in [5, 5.41) is 91.1. The number of fused-ring (bicyclic) bond motifs is 6. The average molecular weight is 1790 g/mol. The lowest BCUT2D eigenvalue weighted by molar-refractivity contribution is -0.144. The highest BCUT2D eigenvalue weighted by Crippen LogP contribution is 2.64. The van der Waals surface area contributed by atoms with Crippen LogP contribution in [0.4, 0.5) is 0 Å². The molecule has 0 amide bonds. The van der Waals surface area contributed by atoms with Gasteiger partial charge in [-0.3, -0.25) is 24.0 Å². The second-order valence-corrected chi connectivity index (χ2v) is 51.2. The highest BCUT2D eigenvalue weighted by Gasteiger charge is 2.67. The van der Waals surface area contributed by atoms with Crippen molar-refractivity contribution < 1.29 is 107 Å². The largest absolute Gasteiger partial charge is 0.478 e. The molecule has 14 aliphatic rings. The van der Waals surface area contributed by atoms with Crippen LogP contribution in [0.1, 0.15) is 309 Å². The molecule has 0 radical (unpaired) electrons. The molecule has 24 heteroatoms. The lowest BCUT2D eigenvalue weighted by Gasteiger charge is -2.52. The Bertz CT molecular complexity index is 4170. The number of allylic oxidation sites excluding steroid dienone is 13. The topological polar surface area (TPSA) is 373 Å². The van der Waals surface area contributed by atoms with Gasteiger partial charge in [0, 0.05) is 62.1 Å². The Hall–Kier alpha value is -6.30. The predicted molar refractivity (Wildman–Crippen MR) is 495 cm³/mol. The zero-order valence-corrected chi connectivity index (χ0v) is 82.7. The Labute approximate surface area is 754 Å². The Kier molecular flexibility index (Phi) is 35.3. The third kappa shape index (κ3) is 21.4. The molecule has 126 heavy (non-hydrogen) atoms. The highest BCUT2D eigenvalue weighted by molar-refractivity contribution is 6.70. The van der Waals surface area contributed by atoms with Crippen molar-refractivity contribution in [2.24, 2.45) is 50.2 Å². The van der Waals surface area contributed by atoms with E-state index in [1.54, 1.807) is 39.0 Å². The van der Waals surface area contributed by atoms with E-state index in [1.165, 1.54) is 37.9 Å². The number of aliphatic carboxylic acids is 2. The first-order chi connectivity index (χ1) is 58.3. The van der Waals surface area contributed by atoms with E-state index in [1.807, 2.05) is 52.8 Å². The number of ether oxygens (including phenoxy) is 2. The predicted octanol–water partition coefficient (Wildman–Crippen LogP) is 18.4. The van der Waals surface area contributed by atoms with Crippen LogP contribution in [0.25, 0.3) is 0 Å². The summed E-state index contributed by atoms with van der Waals surface area (Å²) >= 11 is 0. The molecule has 0 heterocycles. The molecule has 706 valence electrons. The number of methoxy groups -OCH3 is 2. The van der Waals surface area contributed by atoms with Gasteiger partial charge in [-0.1, -0.05) is 134 Å². The summed E-state index contributed by atoms with van der Waals surface area (Å²) in [5.41, 5.74) is -0.207. The summed E-state index contributed by atoms with van der Waals surface area (Å²) in [6.07, 6.45) is 42.9. The fourth-order valence-electron chi connectivity index (χ4n) is 23.8. The van der Waals surface area contributed by atoms with Crippen molar-refractivity contribution in [1.82, 2.24) is 0 Å².